The molecule has 5 rings (SSSR count). The Labute approximate surface area is 168 Å². The molecule has 0 unspecified atom stereocenters. The van der Waals surface area contributed by atoms with E-state index in [9.17, 15) is 9.18 Å². The molecule has 0 atom stereocenters. The third kappa shape index (κ3) is 3.34. The van der Waals surface area contributed by atoms with E-state index in [1.807, 2.05) is 30.3 Å². The quantitative estimate of drug-likeness (QED) is 0.443. The van der Waals surface area contributed by atoms with E-state index in [1.165, 1.54) is 27.7 Å². The smallest absolute Gasteiger partial charge is 0.283 e. The highest BCUT2D eigenvalue weighted by Gasteiger charge is 2.15. The van der Waals surface area contributed by atoms with Crippen molar-refractivity contribution in [3.63, 3.8) is 0 Å². The van der Waals surface area contributed by atoms with Gasteiger partial charge in [0.2, 0.25) is 11.7 Å². The molecule has 10 heteroatoms. The lowest BCUT2D eigenvalue weighted by Crippen LogP contribution is -2.21. The maximum absolute atomic E-state index is 13.1. The van der Waals surface area contributed by atoms with Gasteiger partial charge in [-0.15, -0.1) is 5.10 Å². The van der Waals surface area contributed by atoms with E-state index < -0.39 is 0 Å². The first-order chi connectivity index (χ1) is 14.7. The second-order valence-electron chi connectivity index (χ2n) is 6.60. The molecule has 0 aliphatic rings. The van der Waals surface area contributed by atoms with Crippen molar-refractivity contribution in [2.45, 2.75) is 13.1 Å². The fraction of sp³-hybridized carbons (Fsp3) is 0.100. The third-order valence-corrected chi connectivity index (χ3v) is 4.54. The third-order valence-electron chi connectivity index (χ3n) is 4.54. The molecule has 0 amide bonds. The van der Waals surface area contributed by atoms with Crippen molar-refractivity contribution >= 4 is 11.2 Å². The molecule has 30 heavy (non-hydrogen) atoms. The lowest BCUT2D eigenvalue weighted by atomic mass is 10.2. The summed E-state index contributed by atoms with van der Waals surface area (Å²) in [6.07, 6.45) is 1.39. The highest BCUT2D eigenvalue weighted by molar-refractivity contribution is 5.67. The van der Waals surface area contributed by atoms with Gasteiger partial charge in [0.25, 0.3) is 5.56 Å². The van der Waals surface area contributed by atoms with Crippen molar-refractivity contribution in [3.8, 4) is 11.4 Å². The molecule has 0 fully saturated rings. The molecule has 0 aliphatic heterocycles. The van der Waals surface area contributed by atoms with E-state index in [4.69, 9.17) is 4.52 Å². The summed E-state index contributed by atoms with van der Waals surface area (Å²) in [6.45, 7) is 0.379. The van der Waals surface area contributed by atoms with Crippen LogP contribution in [-0.4, -0.2) is 34.7 Å². The normalized spacial score (nSPS) is 11.2. The molecule has 148 valence electrons. The molecule has 2 aromatic carbocycles. The van der Waals surface area contributed by atoms with Crippen LogP contribution in [0.25, 0.3) is 22.6 Å². The van der Waals surface area contributed by atoms with Crippen molar-refractivity contribution in [1.29, 1.82) is 0 Å². The monoisotopic (exact) mass is 403 g/mol. The Morgan fingerprint density at radius 1 is 1.00 bits per heavy atom. The van der Waals surface area contributed by atoms with Crippen molar-refractivity contribution < 1.29 is 8.91 Å². The van der Waals surface area contributed by atoms with Gasteiger partial charge in [-0.2, -0.15) is 4.98 Å². The summed E-state index contributed by atoms with van der Waals surface area (Å²) in [4.78, 5) is 21.4. The summed E-state index contributed by atoms with van der Waals surface area (Å²) in [5.41, 5.74) is 1.73. The van der Waals surface area contributed by atoms with Gasteiger partial charge >= 0.3 is 0 Å². The van der Waals surface area contributed by atoms with Crippen LogP contribution in [0.5, 0.6) is 0 Å². The summed E-state index contributed by atoms with van der Waals surface area (Å²) in [6, 6.07) is 15.4. The highest BCUT2D eigenvalue weighted by Crippen LogP contribution is 2.15. The van der Waals surface area contributed by atoms with E-state index >= 15 is 0 Å². The first kappa shape index (κ1) is 17.9. The average molecular weight is 403 g/mol. The second-order valence-corrected chi connectivity index (χ2v) is 6.60. The average Bonchev–Trinajstić information content (AvgIpc) is 3.40. The van der Waals surface area contributed by atoms with Gasteiger partial charge in [-0.05, 0) is 17.7 Å². The zero-order chi connectivity index (χ0) is 20.5. The first-order valence-electron chi connectivity index (χ1n) is 9.08. The molecule has 0 saturated heterocycles. The molecule has 0 bridgehead atoms. The minimum absolute atomic E-state index is 0.0619. The Morgan fingerprint density at radius 2 is 1.80 bits per heavy atom. The van der Waals surface area contributed by atoms with Crippen LogP contribution >= 0.6 is 0 Å². The van der Waals surface area contributed by atoms with Crippen LogP contribution in [0.4, 0.5) is 4.39 Å². The van der Waals surface area contributed by atoms with Gasteiger partial charge in [0.1, 0.15) is 18.7 Å². The molecule has 0 saturated carbocycles. The molecule has 9 nitrogen and oxygen atoms in total. The number of benzene rings is 2. The predicted molar refractivity (Wildman–Crippen MR) is 104 cm³/mol. The van der Waals surface area contributed by atoms with Crippen LogP contribution in [0.1, 0.15) is 11.5 Å². The number of nitrogens with zero attached hydrogens (tertiary/aromatic N) is 7. The summed E-state index contributed by atoms with van der Waals surface area (Å²) in [7, 11) is 0. The number of fused-ring (bicyclic) bond motifs is 1. The largest absolute Gasteiger partial charge is 0.337 e. The summed E-state index contributed by atoms with van der Waals surface area (Å²) >= 11 is 0. The fourth-order valence-electron chi connectivity index (χ4n) is 3.04. The number of rotatable bonds is 5. The Morgan fingerprint density at radius 3 is 2.60 bits per heavy atom. The molecule has 3 heterocycles. The zero-order valence-electron chi connectivity index (χ0n) is 15.5. The van der Waals surface area contributed by atoms with Crippen LogP contribution in [0, 0.1) is 5.82 Å². The van der Waals surface area contributed by atoms with Crippen LogP contribution < -0.4 is 5.56 Å². The predicted octanol–water partition coefficient (Wildman–Crippen LogP) is 2.27. The number of aromatic nitrogens is 7. The lowest BCUT2D eigenvalue weighted by molar-refractivity contribution is 0.369. The molecule has 0 spiro atoms. The Bertz CT molecular complexity index is 1370. The van der Waals surface area contributed by atoms with Crippen LogP contribution in [0.3, 0.4) is 0 Å². The molecular formula is C20H14FN7O2. The molecule has 0 aliphatic carbocycles. The van der Waals surface area contributed by atoms with Crippen molar-refractivity contribution in [2.75, 3.05) is 0 Å². The minimum atomic E-state index is -0.371. The van der Waals surface area contributed by atoms with E-state index in [-0.39, 0.29) is 29.3 Å². The van der Waals surface area contributed by atoms with E-state index in [0.29, 0.717) is 18.0 Å². The highest BCUT2D eigenvalue weighted by atomic mass is 19.1. The summed E-state index contributed by atoms with van der Waals surface area (Å²) < 4.78 is 21.2. The van der Waals surface area contributed by atoms with Gasteiger partial charge < -0.3 is 4.52 Å². The number of hydrogen-bond acceptors (Lipinski definition) is 7. The molecular weight excluding hydrogens is 389 g/mol. The van der Waals surface area contributed by atoms with Crippen molar-refractivity contribution in [1.82, 2.24) is 34.7 Å². The zero-order valence-corrected chi connectivity index (χ0v) is 15.5. The van der Waals surface area contributed by atoms with E-state index in [2.05, 4.69) is 25.4 Å². The molecule has 3 aromatic heterocycles. The molecule has 0 radical (unpaired) electrons. The number of halogens is 1. The molecule has 0 N–H and O–H groups in total. The SMILES string of the molecule is O=c1c2nnn(Cc3ccc(F)cc3)c2ncn1Cc1nc(-c2ccccc2)no1. The van der Waals surface area contributed by atoms with Crippen LogP contribution in [-0.2, 0) is 13.1 Å². The van der Waals surface area contributed by atoms with Crippen LogP contribution in [0.15, 0.2) is 70.2 Å². The van der Waals surface area contributed by atoms with Gasteiger partial charge in [0.05, 0.1) is 6.54 Å². The van der Waals surface area contributed by atoms with Crippen molar-refractivity contribution in [3.05, 3.63) is 88.5 Å². The summed E-state index contributed by atoms with van der Waals surface area (Å²) in [5, 5.41) is 11.9. The lowest BCUT2D eigenvalue weighted by Gasteiger charge is -2.03. The maximum Gasteiger partial charge on any atom is 0.283 e. The second kappa shape index (κ2) is 7.32. The van der Waals surface area contributed by atoms with E-state index in [0.717, 1.165) is 11.1 Å². The van der Waals surface area contributed by atoms with E-state index in [1.54, 1.807) is 12.1 Å². The number of hydrogen-bond donors (Lipinski definition) is 0. The first-order valence-corrected chi connectivity index (χ1v) is 9.08. The van der Waals surface area contributed by atoms with Crippen molar-refractivity contribution in [2.24, 2.45) is 0 Å². The topological polar surface area (TPSA) is 105 Å². The standard InChI is InChI=1S/C20H14FN7O2/c21-15-8-6-13(7-9-15)10-28-19-17(24-26-28)20(29)27(12-22-19)11-16-23-18(25-30-16)14-4-2-1-3-5-14/h1-9,12H,10-11H2. The maximum atomic E-state index is 13.1. The Hall–Kier alpha value is -4.21. The van der Waals surface area contributed by atoms with Gasteiger partial charge in [-0.25, -0.2) is 14.1 Å². The minimum Gasteiger partial charge on any atom is -0.337 e. The van der Waals surface area contributed by atoms with Gasteiger partial charge in [-0.3, -0.25) is 9.36 Å². The fourth-order valence-corrected chi connectivity index (χ4v) is 3.04. The Balaban J connectivity index is 1.41. The van der Waals surface area contributed by atoms with Gasteiger partial charge in [-0.1, -0.05) is 52.8 Å². The summed E-state index contributed by atoms with van der Waals surface area (Å²) in [5.74, 6) is 0.397. The van der Waals surface area contributed by atoms with Crippen LogP contribution in [0.2, 0.25) is 0 Å². The molecule has 5 aromatic rings. The van der Waals surface area contributed by atoms with Gasteiger partial charge in [0.15, 0.2) is 11.2 Å². The Kier molecular flexibility index (Phi) is 4.36. The van der Waals surface area contributed by atoms with Gasteiger partial charge in [0, 0.05) is 5.56 Å².